The van der Waals surface area contributed by atoms with Crippen LogP contribution in [0.3, 0.4) is 0 Å². The Kier molecular flexibility index (Phi) is 2.89. The molecule has 0 bridgehead atoms. The molecule has 0 aliphatic carbocycles. The van der Waals surface area contributed by atoms with Crippen LogP contribution in [0, 0.1) is 6.92 Å². The second-order valence-corrected chi connectivity index (χ2v) is 4.43. The molecule has 96 valence electrons. The molecule has 3 rings (SSSR count). The summed E-state index contributed by atoms with van der Waals surface area (Å²) >= 11 is 0. The monoisotopic (exact) mass is 250 g/mol. The Bertz CT molecular complexity index is 534. The standard InChI is InChI=1S/C12H14N2O4/c1-7-2-5-17-10(7)11-13-12(18-14-11)8-6-16-4-3-9(8)15/h2,5,8-9,15H,3-4,6H2,1H3. The summed E-state index contributed by atoms with van der Waals surface area (Å²) in [7, 11) is 0. The van der Waals surface area contributed by atoms with Crippen molar-refractivity contribution in [3.05, 3.63) is 23.8 Å². The number of aromatic nitrogens is 2. The Labute approximate surface area is 104 Å². The van der Waals surface area contributed by atoms with E-state index in [1.807, 2.05) is 13.0 Å². The van der Waals surface area contributed by atoms with Crippen LogP contribution >= 0.6 is 0 Å². The Hall–Kier alpha value is -1.66. The number of ether oxygens (including phenoxy) is 1. The molecule has 1 N–H and O–H groups in total. The first-order valence-corrected chi connectivity index (χ1v) is 5.89. The van der Waals surface area contributed by atoms with Crippen LogP contribution in [-0.2, 0) is 4.74 Å². The summed E-state index contributed by atoms with van der Waals surface area (Å²) in [6.07, 6.45) is 1.67. The van der Waals surface area contributed by atoms with E-state index in [1.165, 1.54) is 0 Å². The number of rotatable bonds is 2. The third-order valence-corrected chi connectivity index (χ3v) is 3.14. The number of furan rings is 1. The van der Waals surface area contributed by atoms with Gasteiger partial charge in [-0.2, -0.15) is 4.98 Å². The van der Waals surface area contributed by atoms with Crippen molar-refractivity contribution >= 4 is 0 Å². The highest BCUT2D eigenvalue weighted by atomic mass is 16.5. The van der Waals surface area contributed by atoms with Crippen LogP contribution in [0.25, 0.3) is 11.6 Å². The number of aryl methyl sites for hydroxylation is 1. The molecule has 0 aromatic carbocycles. The fourth-order valence-corrected chi connectivity index (χ4v) is 2.04. The van der Waals surface area contributed by atoms with Crippen molar-refractivity contribution in [2.45, 2.75) is 25.4 Å². The molecule has 2 atom stereocenters. The summed E-state index contributed by atoms with van der Waals surface area (Å²) in [6.45, 7) is 2.88. The lowest BCUT2D eigenvalue weighted by Gasteiger charge is -2.24. The Balaban J connectivity index is 1.87. The normalized spacial score (nSPS) is 24.3. The molecule has 0 amide bonds. The van der Waals surface area contributed by atoms with Crippen molar-refractivity contribution in [2.75, 3.05) is 13.2 Å². The third kappa shape index (κ3) is 1.93. The molecule has 2 unspecified atom stereocenters. The average molecular weight is 250 g/mol. The largest absolute Gasteiger partial charge is 0.461 e. The van der Waals surface area contributed by atoms with E-state index in [1.54, 1.807) is 6.26 Å². The van der Waals surface area contributed by atoms with Crippen LogP contribution in [0.4, 0.5) is 0 Å². The minimum atomic E-state index is -0.496. The van der Waals surface area contributed by atoms with Crippen molar-refractivity contribution < 1.29 is 18.8 Å². The molecule has 0 spiro atoms. The van der Waals surface area contributed by atoms with Gasteiger partial charge in [0.05, 0.1) is 24.9 Å². The Morgan fingerprint density at radius 3 is 3.06 bits per heavy atom. The summed E-state index contributed by atoms with van der Waals surface area (Å²) < 4.78 is 15.8. The quantitative estimate of drug-likeness (QED) is 0.869. The highest BCUT2D eigenvalue weighted by Crippen LogP contribution is 2.27. The molecular weight excluding hydrogens is 236 g/mol. The van der Waals surface area contributed by atoms with Gasteiger partial charge < -0.3 is 18.8 Å². The number of aliphatic hydroxyl groups excluding tert-OH is 1. The van der Waals surface area contributed by atoms with Gasteiger partial charge in [0.2, 0.25) is 11.7 Å². The topological polar surface area (TPSA) is 81.5 Å². The van der Waals surface area contributed by atoms with Gasteiger partial charge in [0.25, 0.3) is 0 Å². The van der Waals surface area contributed by atoms with Crippen molar-refractivity contribution in [3.8, 4) is 11.6 Å². The smallest absolute Gasteiger partial charge is 0.238 e. The SMILES string of the molecule is Cc1ccoc1-c1noc(C2COCCC2O)n1. The predicted octanol–water partition coefficient (Wildman–Crippen LogP) is 1.50. The second kappa shape index (κ2) is 4.55. The highest BCUT2D eigenvalue weighted by Gasteiger charge is 2.30. The summed E-state index contributed by atoms with van der Waals surface area (Å²) in [6, 6.07) is 1.84. The Morgan fingerprint density at radius 1 is 1.44 bits per heavy atom. The van der Waals surface area contributed by atoms with Gasteiger partial charge in [-0.3, -0.25) is 0 Å². The summed E-state index contributed by atoms with van der Waals surface area (Å²) in [5, 5.41) is 13.8. The third-order valence-electron chi connectivity index (χ3n) is 3.14. The maximum Gasteiger partial charge on any atom is 0.238 e. The maximum absolute atomic E-state index is 9.89. The molecular formula is C12H14N2O4. The minimum Gasteiger partial charge on any atom is -0.461 e. The molecule has 18 heavy (non-hydrogen) atoms. The predicted molar refractivity (Wildman–Crippen MR) is 60.9 cm³/mol. The molecule has 1 saturated heterocycles. The van der Waals surface area contributed by atoms with E-state index in [4.69, 9.17) is 13.7 Å². The zero-order valence-electron chi connectivity index (χ0n) is 10.00. The van der Waals surface area contributed by atoms with Gasteiger partial charge in [-0.15, -0.1) is 0 Å². The van der Waals surface area contributed by atoms with Crippen molar-refractivity contribution in [3.63, 3.8) is 0 Å². The number of nitrogens with zero attached hydrogens (tertiary/aromatic N) is 2. The van der Waals surface area contributed by atoms with Gasteiger partial charge in [0.15, 0.2) is 5.76 Å². The van der Waals surface area contributed by atoms with Crippen molar-refractivity contribution in [1.82, 2.24) is 10.1 Å². The van der Waals surface area contributed by atoms with E-state index < -0.39 is 6.10 Å². The van der Waals surface area contributed by atoms with E-state index in [-0.39, 0.29) is 5.92 Å². The molecule has 3 heterocycles. The highest BCUT2D eigenvalue weighted by molar-refractivity contribution is 5.51. The van der Waals surface area contributed by atoms with Gasteiger partial charge >= 0.3 is 0 Å². The van der Waals surface area contributed by atoms with Gasteiger partial charge in [-0.05, 0) is 25.0 Å². The number of hydrogen-bond donors (Lipinski definition) is 1. The molecule has 0 saturated carbocycles. The van der Waals surface area contributed by atoms with E-state index in [9.17, 15) is 5.11 Å². The van der Waals surface area contributed by atoms with Gasteiger partial charge in [0.1, 0.15) is 0 Å². The van der Waals surface area contributed by atoms with Gasteiger partial charge in [-0.25, -0.2) is 0 Å². The average Bonchev–Trinajstić information content (AvgIpc) is 2.98. The first-order valence-electron chi connectivity index (χ1n) is 5.89. The summed E-state index contributed by atoms with van der Waals surface area (Å²) in [5.41, 5.74) is 0.947. The van der Waals surface area contributed by atoms with E-state index in [0.29, 0.717) is 37.1 Å². The molecule has 1 aliphatic heterocycles. The Morgan fingerprint density at radius 2 is 2.33 bits per heavy atom. The lowest BCUT2D eigenvalue weighted by atomic mass is 9.99. The molecule has 1 aliphatic rings. The molecule has 2 aromatic heterocycles. The first-order chi connectivity index (χ1) is 8.75. The van der Waals surface area contributed by atoms with E-state index in [2.05, 4.69) is 10.1 Å². The van der Waals surface area contributed by atoms with Crippen LogP contribution in [-0.4, -0.2) is 34.6 Å². The molecule has 2 aromatic rings. The van der Waals surface area contributed by atoms with Crippen LogP contribution in [0.2, 0.25) is 0 Å². The molecule has 6 heteroatoms. The number of hydrogen-bond acceptors (Lipinski definition) is 6. The lowest BCUT2D eigenvalue weighted by Crippen LogP contribution is -2.30. The van der Waals surface area contributed by atoms with Gasteiger partial charge in [0, 0.05) is 6.61 Å². The second-order valence-electron chi connectivity index (χ2n) is 4.43. The summed E-state index contributed by atoms with van der Waals surface area (Å²) in [4.78, 5) is 4.28. The van der Waals surface area contributed by atoms with Crippen LogP contribution in [0.5, 0.6) is 0 Å². The van der Waals surface area contributed by atoms with Crippen molar-refractivity contribution in [1.29, 1.82) is 0 Å². The van der Waals surface area contributed by atoms with Gasteiger partial charge in [-0.1, -0.05) is 5.16 Å². The number of aliphatic hydroxyl groups is 1. The fraction of sp³-hybridized carbons (Fsp3) is 0.500. The van der Waals surface area contributed by atoms with Crippen LogP contribution < -0.4 is 0 Å². The summed E-state index contributed by atoms with van der Waals surface area (Å²) in [5.74, 6) is 1.14. The maximum atomic E-state index is 9.89. The van der Waals surface area contributed by atoms with E-state index >= 15 is 0 Å². The first kappa shape index (κ1) is 11.4. The van der Waals surface area contributed by atoms with Crippen LogP contribution in [0.15, 0.2) is 21.3 Å². The minimum absolute atomic E-state index is 0.254. The molecule has 6 nitrogen and oxygen atoms in total. The zero-order chi connectivity index (χ0) is 12.5. The molecule has 1 fully saturated rings. The molecule has 0 radical (unpaired) electrons. The zero-order valence-corrected chi connectivity index (χ0v) is 10.00. The van der Waals surface area contributed by atoms with Crippen LogP contribution in [0.1, 0.15) is 23.8 Å². The van der Waals surface area contributed by atoms with E-state index in [0.717, 1.165) is 5.56 Å². The van der Waals surface area contributed by atoms with Crippen molar-refractivity contribution in [2.24, 2.45) is 0 Å². The lowest BCUT2D eigenvalue weighted by molar-refractivity contribution is -0.0149. The fourth-order valence-electron chi connectivity index (χ4n) is 2.04.